The molecule has 1 aliphatic rings. The number of nitrogens with zero attached hydrogens (tertiary/aromatic N) is 2. The van der Waals surface area contributed by atoms with Crippen LogP contribution in [0.2, 0.25) is 0 Å². The first-order valence-electron chi connectivity index (χ1n) is 7.06. The first-order chi connectivity index (χ1) is 9.11. The number of piperazine rings is 1. The highest BCUT2D eigenvalue weighted by atomic mass is 79.9. The molecule has 1 atom stereocenters. The average molecular weight is 326 g/mol. The Labute approximate surface area is 125 Å². The summed E-state index contributed by atoms with van der Waals surface area (Å²) in [7, 11) is 2.21. The zero-order chi connectivity index (χ0) is 13.8. The topological polar surface area (TPSA) is 18.5 Å². The number of hydrogen-bond donors (Lipinski definition) is 1. The summed E-state index contributed by atoms with van der Waals surface area (Å²) >= 11 is 3.69. The van der Waals surface area contributed by atoms with Crippen LogP contribution in [-0.4, -0.2) is 44.2 Å². The number of nitrogens with one attached hydrogen (secondary N) is 1. The van der Waals surface area contributed by atoms with E-state index in [9.17, 15) is 0 Å². The summed E-state index contributed by atoms with van der Waals surface area (Å²) in [6.07, 6.45) is 0. The van der Waals surface area contributed by atoms with Gasteiger partial charge in [-0.05, 0) is 38.2 Å². The smallest absolute Gasteiger partial charge is 0.0378 e. The van der Waals surface area contributed by atoms with Crippen LogP contribution >= 0.6 is 15.9 Å². The van der Waals surface area contributed by atoms with Gasteiger partial charge in [0.2, 0.25) is 0 Å². The fourth-order valence-electron chi connectivity index (χ4n) is 2.42. The SMILES string of the molecule is CCNCc1ccc(N2CCN(C)C(C)C2)cc1Br. The minimum atomic E-state index is 0.619. The minimum absolute atomic E-state index is 0.619. The van der Waals surface area contributed by atoms with Crippen LogP contribution in [0, 0.1) is 0 Å². The van der Waals surface area contributed by atoms with Crippen molar-refractivity contribution in [1.29, 1.82) is 0 Å². The Hall–Kier alpha value is -0.580. The highest BCUT2D eigenvalue weighted by Gasteiger charge is 2.21. The second-order valence-corrected chi connectivity index (χ2v) is 6.19. The van der Waals surface area contributed by atoms with Gasteiger partial charge in [-0.25, -0.2) is 0 Å². The molecule has 1 fully saturated rings. The third-order valence-corrected chi connectivity index (χ3v) is 4.67. The van der Waals surface area contributed by atoms with Gasteiger partial charge in [-0.1, -0.05) is 28.9 Å². The summed E-state index contributed by atoms with van der Waals surface area (Å²) in [5.74, 6) is 0. The van der Waals surface area contributed by atoms with Gasteiger partial charge in [0.1, 0.15) is 0 Å². The van der Waals surface area contributed by atoms with Crippen molar-refractivity contribution in [2.75, 3.05) is 38.1 Å². The summed E-state index contributed by atoms with van der Waals surface area (Å²) < 4.78 is 1.21. The van der Waals surface area contributed by atoms with Crippen LogP contribution in [-0.2, 0) is 6.54 Å². The maximum Gasteiger partial charge on any atom is 0.0378 e. The Bertz CT molecular complexity index is 422. The molecule has 1 unspecified atom stereocenters. The van der Waals surface area contributed by atoms with E-state index < -0.39 is 0 Å². The van der Waals surface area contributed by atoms with Crippen LogP contribution in [0.4, 0.5) is 5.69 Å². The number of likely N-dealkylation sites (N-methyl/N-ethyl adjacent to an activating group) is 1. The number of anilines is 1. The van der Waals surface area contributed by atoms with Gasteiger partial charge in [0.05, 0.1) is 0 Å². The summed E-state index contributed by atoms with van der Waals surface area (Å²) in [6, 6.07) is 7.35. The average Bonchev–Trinajstić information content (AvgIpc) is 2.40. The van der Waals surface area contributed by atoms with Gasteiger partial charge in [0, 0.05) is 42.4 Å². The van der Waals surface area contributed by atoms with Crippen LogP contribution in [0.25, 0.3) is 0 Å². The van der Waals surface area contributed by atoms with Crippen molar-refractivity contribution >= 4 is 21.6 Å². The zero-order valence-corrected chi connectivity index (χ0v) is 13.7. The molecular formula is C15H24BrN3. The Balaban J connectivity index is 2.07. The number of rotatable bonds is 4. The van der Waals surface area contributed by atoms with Crippen molar-refractivity contribution in [3.8, 4) is 0 Å². The van der Waals surface area contributed by atoms with E-state index in [0.29, 0.717) is 6.04 Å². The molecule has 2 rings (SSSR count). The molecule has 4 heteroatoms. The highest BCUT2D eigenvalue weighted by molar-refractivity contribution is 9.10. The molecule has 1 N–H and O–H groups in total. The number of benzene rings is 1. The van der Waals surface area contributed by atoms with Gasteiger partial charge in [0.25, 0.3) is 0 Å². The quantitative estimate of drug-likeness (QED) is 0.918. The Morgan fingerprint density at radius 2 is 2.16 bits per heavy atom. The Morgan fingerprint density at radius 1 is 1.37 bits per heavy atom. The third-order valence-electron chi connectivity index (χ3n) is 3.93. The van der Waals surface area contributed by atoms with Crippen molar-refractivity contribution in [3.05, 3.63) is 28.2 Å². The van der Waals surface area contributed by atoms with Gasteiger partial charge in [-0.2, -0.15) is 0 Å². The van der Waals surface area contributed by atoms with E-state index in [1.807, 2.05) is 0 Å². The molecule has 0 saturated carbocycles. The third kappa shape index (κ3) is 3.71. The maximum atomic E-state index is 3.69. The molecule has 0 radical (unpaired) electrons. The molecule has 3 nitrogen and oxygen atoms in total. The van der Waals surface area contributed by atoms with Crippen molar-refractivity contribution in [3.63, 3.8) is 0 Å². The first-order valence-corrected chi connectivity index (χ1v) is 7.85. The molecule has 106 valence electrons. The first kappa shape index (κ1) is 14.8. The predicted octanol–water partition coefficient (Wildman–Crippen LogP) is 2.70. The van der Waals surface area contributed by atoms with Crippen LogP contribution in [0.15, 0.2) is 22.7 Å². The van der Waals surface area contributed by atoms with Gasteiger partial charge >= 0.3 is 0 Å². The predicted molar refractivity (Wildman–Crippen MR) is 85.8 cm³/mol. The van der Waals surface area contributed by atoms with E-state index in [2.05, 4.69) is 70.1 Å². The molecule has 1 aromatic rings. The lowest BCUT2D eigenvalue weighted by Gasteiger charge is -2.39. The fourth-order valence-corrected chi connectivity index (χ4v) is 2.93. The van der Waals surface area contributed by atoms with E-state index in [1.165, 1.54) is 15.7 Å². The molecule has 0 spiro atoms. The van der Waals surface area contributed by atoms with E-state index in [1.54, 1.807) is 0 Å². The lowest BCUT2D eigenvalue weighted by molar-refractivity contribution is 0.234. The van der Waals surface area contributed by atoms with Gasteiger partial charge in [0.15, 0.2) is 0 Å². The molecule has 0 bridgehead atoms. The molecule has 0 aliphatic carbocycles. The monoisotopic (exact) mass is 325 g/mol. The summed E-state index contributed by atoms with van der Waals surface area (Å²) in [5.41, 5.74) is 2.65. The molecule has 19 heavy (non-hydrogen) atoms. The van der Waals surface area contributed by atoms with Crippen LogP contribution in [0.1, 0.15) is 19.4 Å². The maximum absolute atomic E-state index is 3.69. The van der Waals surface area contributed by atoms with E-state index in [-0.39, 0.29) is 0 Å². The van der Waals surface area contributed by atoms with Gasteiger partial charge in [-0.3, -0.25) is 0 Å². The molecule has 1 heterocycles. The summed E-state index contributed by atoms with van der Waals surface area (Å²) in [6.45, 7) is 9.71. The Kier molecular flexibility index (Phi) is 5.25. The second-order valence-electron chi connectivity index (χ2n) is 5.33. The van der Waals surface area contributed by atoms with Crippen molar-refractivity contribution in [2.45, 2.75) is 26.4 Å². The minimum Gasteiger partial charge on any atom is -0.369 e. The number of hydrogen-bond acceptors (Lipinski definition) is 3. The molecular weight excluding hydrogens is 302 g/mol. The van der Waals surface area contributed by atoms with Crippen LogP contribution in [0.3, 0.4) is 0 Å². The molecule has 1 aromatic carbocycles. The zero-order valence-electron chi connectivity index (χ0n) is 12.1. The lowest BCUT2D eigenvalue weighted by Crippen LogP contribution is -2.50. The molecule has 1 saturated heterocycles. The van der Waals surface area contributed by atoms with Gasteiger partial charge in [-0.15, -0.1) is 0 Å². The van der Waals surface area contributed by atoms with Crippen molar-refractivity contribution < 1.29 is 0 Å². The molecule has 0 aromatic heterocycles. The largest absolute Gasteiger partial charge is 0.369 e. The lowest BCUT2D eigenvalue weighted by atomic mass is 10.1. The Morgan fingerprint density at radius 3 is 2.79 bits per heavy atom. The van der Waals surface area contributed by atoms with Crippen molar-refractivity contribution in [2.24, 2.45) is 0 Å². The molecule has 0 amide bonds. The molecule has 1 aliphatic heterocycles. The van der Waals surface area contributed by atoms with E-state index in [0.717, 1.165) is 32.7 Å². The number of halogens is 1. The van der Waals surface area contributed by atoms with E-state index in [4.69, 9.17) is 0 Å². The summed E-state index contributed by atoms with van der Waals surface area (Å²) in [5, 5.41) is 3.37. The normalized spacial score (nSPS) is 20.8. The van der Waals surface area contributed by atoms with Gasteiger partial charge < -0.3 is 15.1 Å². The van der Waals surface area contributed by atoms with Crippen molar-refractivity contribution in [1.82, 2.24) is 10.2 Å². The standard InChI is InChI=1S/C15H24BrN3/c1-4-17-10-13-5-6-14(9-15(13)16)19-8-7-18(3)12(2)11-19/h5-6,9,12,17H,4,7-8,10-11H2,1-3H3. The van der Waals surface area contributed by atoms with E-state index >= 15 is 0 Å². The fraction of sp³-hybridized carbons (Fsp3) is 0.600. The summed E-state index contributed by atoms with van der Waals surface area (Å²) in [4.78, 5) is 4.90. The van der Waals surface area contributed by atoms with Crippen LogP contribution in [0.5, 0.6) is 0 Å². The highest BCUT2D eigenvalue weighted by Crippen LogP contribution is 2.25. The second kappa shape index (κ2) is 6.73. The van der Waals surface area contributed by atoms with Crippen LogP contribution < -0.4 is 10.2 Å².